The first-order chi connectivity index (χ1) is 10.9. The van der Waals surface area contributed by atoms with E-state index in [0.29, 0.717) is 33.7 Å². The highest BCUT2D eigenvalue weighted by molar-refractivity contribution is 14.1. The lowest BCUT2D eigenvalue weighted by molar-refractivity contribution is 0.108. The molecule has 2 aromatic rings. The van der Waals surface area contributed by atoms with Crippen LogP contribution in [0.25, 0.3) is 0 Å². The van der Waals surface area contributed by atoms with Gasteiger partial charge >= 0.3 is 0 Å². The molecule has 23 heavy (non-hydrogen) atoms. The van der Waals surface area contributed by atoms with Crippen LogP contribution in [0.5, 0.6) is 11.5 Å². The lowest BCUT2D eigenvalue weighted by Gasteiger charge is -2.15. The molecule has 0 unspecified atom stereocenters. The number of hydrogen-bond donors (Lipinski definition) is 0. The summed E-state index contributed by atoms with van der Waals surface area (Å²) in [5.74, 6) is 1.01. The van der Waals surface area contributed by atoms with Crippen molar-refractivity contribution in [2.75, 3.05) is 6.61 Å². The predicted molar refractivity (Wildman–Crippen MR) is 101 cm³/mol. The van der Waals surface area contributed by atoms with Crippen molar-refractivity contribution in [3.05, 3.63) is 55.1 Å². The number of hydrogen-bond acceptors (Lipinski definition) is 3. The molecule has 7 heteroatoms. The molecule has 0 heterocycles. The Morgan fingerprint density at radius 2 is 1.91 bits per heavy atom. The number of carbonyl (C=O) groups excluding carboxylic acids is 1. The molecule has 122 valence electrons. The molecule has 0 radical (unpaired) electrons. The van der Waals surface area contributed by atoms with Crippen LogP contribution in [0.15, 0.2) is 30.3 Å². The van der Waals surface area contributed by atoms with Gasteiger partial charge in [-0.2, -0.15) is 0 Å². The molecule has 0 bridgehead atoms. The second-order valence-electron chi connectivity index (χ2n) is 4.52. The highest BCUT2D eigenvalue weighted by atomic mass is 127. The van der Waals surface area contributed by atoms with Gasteiger partial charge in [0.1, 0.15) is 6.61 Å². The van der Waals surface area contributed by atoms with Gasteiger partial charge in [0.15, 0.2) is 11.5 Å². The van der Waals surface area contributed by atoms with E-state index in [9.17, 15) is 4.79 Å². The molecule has 0 amide bonds. The molecule has 0 aromatic heterocycles. The molecule has 0 saturated carbocycles. The van der Waals surface area contributed by atoms with Gasteiger partial charge < -0.3 is 9.47 Å². The Morgan fingerprint density at radius 1 is 1.17 bits per heavy atom. The van der Waals surface area contributed by atoms with Crippen molar-refractivity contribution in [2.45, 2.75) is 13.5 Å². The van der Waals surface area contributed by atoms with E-state index in [2.05, 4.69) is 22.6 Å². The van der Waals surface area contributed by atoms with Crippen molar-refractivity contribution >= 4 is 62.6 Å². The summed E-state index contributed by atoms with van der Waals surface area (Å²) in [5, 5.41) is 0.544. The normalized spacial score (nSPS) is 10.5. The molecule has 2 aromatic carbocycles. The largest absolute Gasteiger partial charge is 0.490 e. The van der Waals surface area contributed by atoms with Crippen LogP contribution in [0.3, 0.4) is 0 Å². The summed E-state index contributed by atoms with van der Waals surface area (Å²) in [6, 6.07) is 8.42. The van der Waals surface area contributed by atoms with Crippen molar-refractivity contribution in [1.29, 1.82) is 0 Å². The minimum absolute atomic E-state index is 0.250. The monoisotopic (exact) mass is 484 g/mol. The molecule has 0 fully saturated rings. The highest BCUT2D eigenvalue weighted by Gasteiger charge is 2.15. The standard InChI is InChI=1S/C16H12Cl3IO3/c1-2-22-14-6-10(16(19)21)5-13(20)15(14)23-8-9-3-4-11(17)7-12(9)18/h3-7H,2,8H2,1H3. The van der Waals surface area contributed by atoms with Gasteiger partial charge in [-0.15, -0.1) is 0 Å². The van der Waals surface area contributed by atoms with Crippen molar-refractivity contribution in [2.24, 2.45) is 0 Å². The van der Waals surface area contributed by atoms with Crippen molar-refractivity contribution in [3.8, 4) is 11.5 Å². The Balaban J connectivity index is 2.29. The third-order valence-corrected chi connectivity index (χ3v) is 4.53. The molecule has 2 rings (SSSR count). The Bertz CT molecular complexity index is 735. The fourth-order valence-corrected chi connectivity index (χ4v) is 3.20. The number of rotatable bonds is 6. The van der Waals surface area contributed by atoms with Crippen LogP contribution in [0.4, 0.5) is 0 Å². The van der Waals surface area contributed by atoms with Crippen LogP contribution in [0.1, 0.15) is 22.8 Å². The molecule has 0 aliphatic carbocycles. The van der Waals surface area contributed by atoms with E-state index in [1.807, 2.05) is 6.92 Å². The summed E-state index contributed by atoms with van der Waals surface area (Å²) in [4.78, 5) is 11.4. The summed E-state index contributed by atoms with van der Waals surface area (Å²) in [7, 11) is 0. The first-order valence-corrected chi connectivity index (χ1v) is 8.86. The van der Waals surface area contributed by atoms with Crippen LogP contribution >= 0.6 is 57.4 Å². The maximum atomic E-state index is 11.4. The Kier molecular flexibility index (Phi) is 6.83. The number of benzene rings is 2. The van der Waals surface area contributed by atoms with Crippen LogP contribution < -0.4 is 9.47 Å². The topological polar surface area (TPSA) is 35.5 Å². The fraction of sp³-hybridized carbons (Fsp3) is 0.188. The average molecular weight is 486 g/mol. The zero-order valence-electron chi connectivity index (χ0n) is 12.0. The van der Waals surface area contributed by atoms with E-state index in [0.717, 1.165) is 9.13 Å². The number of carbonyl (C=O) groups is 1. The van der Waals surface area contributed by atoms with Gasteiger partial charge in [0, 0.05) is 21.2 Å². The number of halogens is 4. The fourth-order valence-electron chi connectivity index (χ4n) is 1.87. The van der Waals surface area contributed by atoms with E-state index in [-0.39, 0.29) is 6.61 Å². The third-order valence-electron chi connectivity index (χ3n) is 2.92. The van der Waals surface area contributed by atoms with E-state index in [1.54, 1.807) is 30.3 Å². The molecule has 0 atom stereocenters. The molecular weight excluding hydrogens is 473 g/mol. The van der Waals surface area contributed by atoms with Crippen LogP contribution in [-0.4, -0.2) is 11.8 Å². The second-order valence-corrected chi connectivity index (χ2v) is 6.87. The van der Waals surface area contributed by atoms with Gasteiger partial charge in [0.05, 0.1) is 10.2 Å². The minimum atomic E-state index is -0.545. The predicted octanol–water partition coefficient (Wildman–Crippen LogP) is 5.95. The molecule has 0 aliphatic rings. The highest BCUT2D eigenvalue weighted by Crippen LogP contribution is 2.35. The van der Waals surface area contributed by atoms with Gasteiger partial charge in [-0.05, 0) is 65.4 Å². The van der Waals surface area contributed by atoms with Crippen LogP contribution in [-0.2, 0) is 6.61 Å². The maximum Gasteiger partial charge on any atom is 0.252 e. The minimum Gasteiger partial charge on any atom is -0.490 e. The van der Waals surface area contributed by atoms with E-state index in [4.69, 9.17) is 44.3 Å². The van der Waals surface area contributed by atoms with E-state index in [1.165, 1.54) is 0 Å². The average Bonchev–Trinajstić information content (AvgIpc) is 2.48. The van der Waals surface area contributed by atoms with Crippen LogP contribution in [0, 0.1) is 3.57 Å². The lowest BCUT2D eigenvalue weighted by Crippen LogP contribution is -2.03. The molecular formula is C16H12Cl3IO3. The first-order valence-electron chi connectivity index (χ1n) is 6.65. The second kappa shape index (κ2) is 8.42. The van der Waals surface area contributed by atoms with Gasteiger partial charge in [-0.1, -0.05) is 29.3 Å². The summed E-state index contributed by atoms with van der Waals surface area (Å²) in [5.41, 5.74) is 1.16. The Morgan fingerprint density at radius 3 is 2.52 bits per heavy atom. The zero-order chi connectivity index (χ0) is 17.0. The molecule has 0 saturated heterocycles. The summed E-state index contributed by atoms with van der Waals surface area (Å²) >= 11 is 19.6. The smallest absolute Gasteiger partial charge is 0.252 e. The van der Waals surface area contributed by atoms with E-state index < -0.39 is 5.24 Å². The number of ether oxygens (including phenoxy) is 2. The van der Waals surface area contributed by atoms with Crippen molar-refractivity contribution in [1.82, 2.24) is 0 Å². The molecule has 0 spiro atoms. The maximum absolute atomic E-state index is 11.4. The van der Waals surface area contributed by atoms with Crippen molar-refractivity contribution < 1.29 is 14.3 Å². The summed E-state index contributed by atoms with van der Waals surface area (Å²) in [6.45, 7) is 2.54. The molecule has 0 N–H and O–H groups in total. The summed E-state index contributed by atoms with van der Waals surface area (Å²) in [6.07, 6.45) is 0. The summed E-state index contributed by atoms with van der Waals surface area (Å²) < 4.78 is 12.1. The van der Waals surface area contributed by atoms with Gasteiger partial charge in [0.25, 0.3) is 5.24 Å². The van der Waals surface area contributed by atoms with E-state index >= 15 is 0 Å². The molecule has 0 aliphatic heterocycles. The first kappa shape index (κ1) is 18.6. The van der Waals surface area contributed by atoms with Crippen molar-refractivity contribution in [3.63, 3.8) is 0 Å². The zero-order valence-corrected chi connectivity index (χ0v) is 16.5. The quantitative estimate of drug-likeness (QED) is 0.375. The third kappa shape index (κ3) is 4.89. The molecule has 3 nitrogen and oxygen atoms in total. The Hall–Kier alpha value is -0.690. The van der Waals surface area contributed by atoms with Gasteiger partial charge in [0.2, 0.25) is 0 Å². The van der Waals surface area contributed by atoms with Gasteiger partial charge in [-0.25, -0.2) is 0 Å². The van der Waals surface area contributed by atoms with Gasteiger partial charge in [-0.3, -0.25) is 4.79 Å². The van der Waals surface area contributed by atoms with Crippen LogP contribution in [0.2, 0.25) is 10.0 Å². The Labute approximate surface area is 163 Å². The lowest BCUT2D eigenvalue weighted by atomic mass is 10.2. The SMILES string of the molecule is CCOc1cc(C(=O)Cl)cc(I)c1OCc1ccc(Cl)cc1Cl.